The van der Waals surface area contributed by atoms with Crippen LogP contribution in [0.1, 0.15) is 30.1 Å². The molecule has 16 heavy (non-hydrogen) atoms. The van der Waals surface area contributed by atoms with E-state index < -0.39 is 23.4 Å². The minimum atomic E-state index is -4.34. The highest BCUT2D eigenvalue weighted by atomic mass is 19.4. The molecule has 0 heterocycles. The van der Waals surface area contributed by atoms with Crippen molar-refractivity contribution in [1.82, 2.24) is 0 Å². The van der Waals surface area contributed by atoms with Gasteiger partial charge in [0.2, 0.25) is 0 Å². The van der Waals surface area contributed by atoms with Gasteiger partial charge in [0.25, 0.3) is 0 Å². The van der Waals surface area contributed by atoms with Gasteiger partial charge in [-0.25, -0.2) is 0 Å². The molecular formula is C11H12F3NO. The van der Waals surface area contributed by atoms with Gasteiger partial charge in [-0.2, -0.15) is 13.2 Å². The third-order valence-corrected chi connectivity index (χ3v) is 2.93. The van der Waals surface area contributed by atoms with Gasteiger partial charge < -0.3 is 10.8 Å². The van der Waals surface area contributed by atoms with E-state index in [0.717, 1.165) is 12.1 Å². The average Bonchev–Trinajstić information content (AvgIpc) is 2.96. The molecule has 1 saturated carbocycles. The van der Waals surface area contributed by atoms with Gasteiger partial charge in [0.05, 0.1) is 11.7 Å². The van der Waals surface area contributed by atoms with Gasteiger partial charge in [-0.3, -0.25) is 0 Å². The van der Waals surface area contributed by atoms with Crippen LogP contribution in [0.15, 0.2) is 24.3 Å². The van der Waals surface area contributed by atoms with E-state index >= 15 is 0 Å². The number of aliphatic hydroxyl groups is 1. The molecule has 5 heteroatoms. The summed E-state index contributed by atoms with van der Waals surface area (Å²) in [7, 11) is 0. The number of rotatable bonds is 2. The lowest BCUT2D eigenvalue weighted by molar-refractivity contribution is -0.137. The summed E-state index contributed by atoms with van der Waals surface area (Å²) in [6.07, 6.45) is -3.82. The highest BCUT2D eigenvalue weighted by Crippen LogP contribution is 2.43. The third-order valence-electron chi connectivity index (χ3n) is 2.93. The number of alkyl halides is 3. The van der Waals surface area contributed by atoms with E-state index in [1.165, 1.54) is 12.1 Å². The number of nitrogens with two attached hydrogens (primary N) is 1. The Bertz CT molecular complexity index is 381. The van der Waals surface area contributed by atoms with Gasteiger partial charge in [-0.15, -0.1) is 0 Å². The lowest BCUT2D eigenvalue weighted by atomic mass is 10.00. The second-order valence-corrected chi connectivity index (χ2v) is 4.26. The van der Waals surface area contributed by atoms with Crippen molar-refractivity contribution in [3.63, 3.8) is 0 Å². The molecule has 1 atom stereocenters. The molecule has 1 aliphatic rings. The van der Waals surface area contributed by atoms with Crippen molar-refractivity contribution >= 4 is 0 Å². The number of aliphatic hydroxyl groups excluding tert-OH is 1. The molecule has 1 aromatic rings. The summed E-state index contributed by atoms with van der Waals surface area (Å²) in [6.45, 7) is 0. The van der Waals surface area contributed by atoms with Crippen molar-refractivity contribution in [3.05, 3.63) is 35.4 Å². The maximum Gasteiger partial charge on any atom is 0.416 e. The standard InChI is InChI=1S/C11H12F3NO/c12-11(13,14)8-3-1-7(2-4-8)9(16)10(15)5-6-10/h1-4,9,16H,5-6,15H2. The van der Waals surface area contributed by atoms with E-state index in [1.807, 2.05) is 0 Å². The van der Waals surface area contributed by atoms with Crippen LogP contribution in [-0.4, -0.2) is 10.6 Å². The first-order chi connectivity index (χ1) is 7.33. The average molecular weight is 231 g/mol. The summed E-state index contributed by atoms with van der Waals surface area (Å²) >= 11 is 0. The van der Waals surface area contributed by atoms with Crippen LogP contribution in [0.2, 0.25) is 0 Å². The van der Waals surface area contributed by atoms with E-state index in [-0.39, 0.29) is 0 Å². The zero-order valence-electron chi connectivity index (χ0n) is 8.46. The summed E-state index contributed by atoms with van der Waals surface area (Å²) < 4.78 is 36.8. The Morgan fingerprint density at radius 3 is 2.06 bits per heavy atom. The zero-order valence-corrected chi connectivity index (χ0v) is 8.46. The second kappa shape index (κ2) is 3.46. The minimum absolute atomic E-state index is 0.438. The molecule has 0 saturated heterocycles. The quantitative estimate of drug-likeness (QED) is 0.819. The second-order valence-electron chi connectivity index (χ2n) is 4.26. The van der Waals surface area contributed by atoms with Gasteiger partial charge in [0, 0.05) is 5.54 Å². The van der Waals surface area contributed by atoms with Gasteiger partial charge >= 0.3 is 6.18 Å². The van der Waals surface area contributed by atoms with Crippen molar-refractivity contribution in [2.24, 2.45) is 5.73 Å². The lowest BCUT2D eigenvalue weighted by Gasteiger charge is -2.18. The molecule has 0 aromatic heterocycles. The van der Waals surface area contributed by atoms with Crippen molar-refractivity contribution in [2.75, 3.05) is 0 Å². The fourth-order valence-corrected chi connectivity index (χ4v) is 1.60. The molecule has 2 rings (SSSR count). The first kappa shape index (κ1) is 11.4. The zero-order chi connectivity index (χ0) is 12.0. The number of hydrogen-bond donors (Lipinski definition) is 2. The van der Waals surface area contributed by atoms with Crippen LogP contribution in [0.3, 0.4) is 0 Å². The van der Waals surface area contributed by atoms with Gasteiger partial charge in [0.15, 0.2) is 0 Å². The maximum absolute atomic E-state index is 12.3. The molecule has 3 N–H and O–H groups in total. The molecule has 1 unspecified atom stereocenters. The Morgan fingerprint density at radius 2 is 1.69 bits per heavy atom. The molecule has 0 bridgehead atoms. The first-order valence-corrected chi connectivity index (χ1v) is 4.97. The molecule has 1 fully saturated rings. The fraction of sp³-hybridized carbons (Fsp3) is 0.455. The fourth-order valence-electron chi connectivity index (χ4n) is 1.60. The molecular weight excluding hydrogens is 219 g/mol. The van der Waals surface area contributed by atoms with Crippen LogP contribution in [0.4, 0.5) is 13.2 Å². The molecule has 0 amide bonds. The Hall–Kier alpha value is -1.07. The summed E-state index contributed by atoms with van der Waals surface area (Å²) in [5.74, 6) is 0. The van der Waals surface area contributed by atoms with E-state index in [4.69, 9.17) is 5.73 Å². The summed E-state index contributed by atoms with van der Waals surface area (Å²) in [4.78, 5) is 0. The molecule has 1 aliphatic carbocycles. The highest BCUT2D eigenvalue weighted by Gasteiger charge is 2.45. The van der Waals surface area contributed by atoms with Gasteiger partial charge in [-0.05, 0) is 30.5 Å². The van der Waals surface area contributed by atoms with Crippen molar-refractivity contribution in [1.29, 1.82) is 0 Å². The van der Waals surface area contributed by atoms with E-state index in [2.05, 4.69) is 0 Å². The maximum atomic E-state index is 12.3. The third kappa shape index (κ3) is 2.05. The SMILES string of the molecule is NC1(C(O)c2ccc(C(F)(F)F)cc2)CC1. The van der Waals surface area contributed by atoms with Crippen molar-refractivity contribution in [2.45, 2.75) is 30.7 Å². The van der Waals surface area contributed by atoms with E-state index in [0.29, 0.717) is 18.4 Å². The number of benzene rings is 1. The molecule has 2 nitrogen and oxygen atoms in total. The summed E-state index contributed by atoms with van der Waals surface area (Å²) in [6, 6.07) is 4.48. The smallest absolute Gasteiger partial charge is 0.386 e. The van der Waals surface area contributed by atoms with Crippen LogP contribution in [0.25, 0.3) is 0 Å². The number of hydrogen-bond acceptors (Lipinski definition) is 2. The Kier molecular flexibility index (Phi) is 2.47. The molecule has 0 radical (unpaired) electrons. The van der Waals surface area contributed by atoms with Crippen molar-refractivity contribution in [3.8, 4) is 0 Å². The monoisotopic (exact) mass is 231 g/mol. The molecule has 0 aliphatic heterocycles. The largest absolute Gasteiger partial charge is 0.416 e. The van der Waals surface area contributed by atoms with Crippen LogP contribution >= 0.6 is 0 Å². The van der Waals surface area contributed by atoms with Gasteiger partial charge in [-0.1, -0.05) is 12.1 Å². The molecule has 0 spiro atoms. The predicted octanol–water partition coefficient (Wildman–Crippen LogP) is 2.23. The van der Waals surface area contributed by atoms with Crippen LogP contribution in [-0.2, 0) is 6.18 Å². The number of halogens is 3. The van der Waals surface area contributed by atoms with Gasteiger partial charge in [0.1, 0.15) is 0 Å². The minimum Gasteiger partial charge on any atom is -0.386 e. The van der Waals surface area contributed by atoms with E-state index in [9.17, 15) is 18.3 Å². The normalized spacial score (nSPS) is 20.6. The van der Waals surface area contributed by atoms with Crippen LogP contribution in [0.5, 0.6) is 0 Å². The molecule has 88 valence electrons. The van der Waals surface area contributed by atoms with E-state index in [1.54, 1.807) is 0 Å². The van der Waals surface area contributed by atoms with Crippen LogP contribution in [0, 0.1) is 0 Å². The topological polar surface area (TPSA) is 46.2 Å². The summed E-state index contributed by atoms with van der Waals surface area (Å²) in [5.41, 5.74) is 4.86. The first-order valence-electron chi connectivity index (χ1n) is 4.97. The van der Waals surface area contributed by atoms with Crippen LogP contribution < -0.4 is 5.73 Å². The van der Waals surface area contributed by atoms with Crippen molar-refractivity contribution < 1.29 is 18.3 Å². The summed E-state index contributed by atoms with van der Waals surface area (Å²) in [5, 5.41) is 9.81. The Morgan fingerprint density at radius 1 is 1.19 bits per heavy atom. The Balaban J connectivity index is 2.19. The lowest BCUT2D eigenvalue weighted by Crippen LogP contribution is -2.30. The Labute approximate surface area is 90.9 Å². The molecule has 1 aromatic carbocycles. The predicted molar refractivity (Wildman–Crippen MR) is 52.6 cm³/mol. The highest BCUT2D eigenvalue weighted by molar-refractivity contribution is 5.29.